The van der Waals surface area contributed by atoms with Crippen LogP contribution in [0.5, 0.6) is 0 Å². The lowest BCUT2D eigenvalue weighted by Gasteiger charge is -2.11. The molecule has 2 amide bonds. The number of carbonyl (C=O) groups excluding carboxylic acids is 1. The standard InChI is InChI=1S/C13H15N3O2S/c1-9-2-3-12(14-6-9)16-13(18)15-7-11(17)10-4-5-19-8-10/h2-6,8,11,17H,7H2,1H3,(H2,14,15,16,18). The number of pyridine rings is 1. The van der Waals surface area contributed by atoms with E-state index in [4.69, 9.17) is 0 Å². The minimum Gasteiger partial charge on any atom is -0.387 e. The van der Waals surface area contributed by atoms with Crippen molar-refractivity contribution >= 4 is 23.2 Å². The molecule has 2 aromatic heterocycles. The number of hydrogen-bond donors (Lipinski definition) is 3. The topological polar surface area (TPSA) is 74.2 Å². The second kappa shape index (κ2) is 6.31. The third-order valence-corrected chi connectivity index (χ3v) is 3.24. The van der Waals surface area contributed by atoms with Gasteiger partial charge < -0.3 is 10.4 Å². The molecule has 0 saturated heterocycles. The minimum atomic E-state index is -0.692. The number of aliphatic hydroxyl groups is 1. The maximum atomic E-state index is 11.6. The van der Waals surface area contributed by atoms with Crippen molar-refractivity contribution in [1.29, 1.82) is 0 Å². The number of hydrogen-bond acceptors (Lipinski definition) is 4. The molecule has 6 heteroatoms. The molecule has 2 aromatic rings. The van der Waals surface area contributed by atoms with Gasteiger partial charge in [-0.3, -0.25) is 5.32 Å². The molecule has 2 rings (SSSR count). The molecule has 0 saturated carbocycles. The van der Waals surface area contributed by atoms with E-state index >= 15 is 0 Å². The van der Waals surface area contributed by atoms with E-state index in [9.17, 15) is 9.90 Å². The third kappa shape index (κ3) is 4.04. The second-order valence-electron chi connectivity index (χ2n) is 4.13. The fourth-order valence-electron chi connectivity index (χ4n) is 1.47. The summed E-state index contributed by atoms with van der Waals surface area (Å²) in [6, 6.07) is 5.04. The highest BCUT2D eigenvalue weighted by Gasteiger charge is 2.09. The number of nitrogens with zero attached hydrogens (tertiary/aromatic N) is 1. The zero-order valence-electron chi connectivity index (χ0n) is 10.5. The van der Waals surface area contributed by atoms with Crippen LogP contribution in [0.2, 0.25) is 0 Å². The monoisotopic (exact) mass is 277 g/mol. The lowest BCUT2D eigenvalue weighted by Crippen LogP contribution is -2.32. The SMILES string of the molecule is Cc1ccc(NC(=O)NCC(O)c2ccsc2)nc1. The van der Waals surface area contributed by atoms with Gasteiger partial charge in [0.05, 0.1) is 6.10 Å². The summed E-state index contributed by atoms with van der Waals surface area (Å²) in [5.74, 6) is 0.480. The van der Waals surface area contributed by atoms with Crippen molar-refractivity contribution in [3.63, 3.8) is 0 Å². The molecule has 3 N–H and O–H groups in total. The maximum absolute atomic E-state index is 11.6. The zero-order chi connectivity index (χ0) is 13.7. The third-order valence-electron chi connectivity index (χ3n) is 2.54. The van der Waals surface area contributed by atoms with Crippen LogP contribution in [0, 0.1) is 6.92 Å². The highest BCUT2D eigenvalue weighted by Crippen LogP contribution is 2.15. The molecule has 0 fully saturated rings. The Balaban J connectivity index is 1.80. The van der Waals surface area contributed by atoms with Crippen LogP contribution in [0.1, 0.15) is 17.2 Å². The number of aromatic nitrogens is 1. The molecule has 0 spiro atoms. The Kier molecular flexibility index (Phi) is 4.48. The van der Waals surface area contributed by atoms with E-state index in [0.717, 1.165) is 11.1 Å². The lowest BCUT2D eigenvalue weighted by atomic mass is 10.2. The first-order valence-corrected chi connectivity index (χ1v) is 6.77. The molecular weight excluding hydrogens is 262 g/mol. The van der Waals surface area contributed by atoms with E-state index in [1.165, 1.54) is 11.3 Å². The Morgan fingerprint density at radius 2 is 2.32 bits per heavy atom. The molecule has 1 unspecified atom stereocenters. The van der Waals surface area contributed by atoms with Crippen molar-refractivity contribution in [2.75, 3.05) is 11.9 Å². The Labute approximate surface area is 115 Å². The number of thiophene rings is 1. The number of aliphatic hydroxyl groups excluding tert-OH is 1. The molecule has 0 aromatic carbocycles. The van der Waals surface area contributed by atoms with Gasteiger partial charge in [0.2, 0.25) is 0 Å². The number of aryl methyl sites for hydroxylation is 1. The molecule has 100 valence electrons. The van der Waals surface area contributed by atoms with Crippen LogP contribution < -0.4 is 10.6 Å². The van der Waals surface area contributed by atoms with Gasteiger partial charge in [-0.2, -0.15) is 11.3 Å². The van der Waals surface area contributed by atoms with Crippen molar-refractivity contribution in [3.8, 4) is 0 Å². The largest absolute Gasteiger partial charge is 0.387 e. The summed E-state index contributed by atoms with van der Waals surface area (Å²) in [6.45, 7) is 2.09. The molecule has 5 nitrogen and oxygen atoms in total. The van der Waals surface area contributed by atoms with Crippen molar-refractivity contribution in [3.05, 3.63) is 46.3 Å². The fourth-order valence-corrected chi connectivity index (χ4v) is 2.18. The average molecular weight is 277 g/mol. The fraction of sp³-hybridized carbons (Fsp3) is 0.231. The van der Waals surface area contributed by atoms with E-state index in [2.05, 4.69) is 15.6 Å². The molecule has 1 atom stereocenters. The lowest BCUT2D eigenvalue weighted by molar-refractivity contribution is 0.175. The minimum absolute atomic E-state index is 0.161. The predicted molar refractivity (Wildman–Crippen MR) is 75.3 cm³/mol. The van der Waals surface area contributed by atoms with Crippen LogP contribution >= 0.6 is 11.3 Å². The van der Waals surface area contributed by atoms with Crippen LogP contribution in [0.3, 0.4) is 0 Å². The predicted octanol–water partition coefficient (Wildman–Crippen LogP) is 2.31. The van der Waals surface area contributed by atoms with Gasteiger partial charge in [0, 0.05) is 12.7 Å². The summed E-state index contributed by atoms with van der Waals surface area (Å²) in [5, 5.41) is 18.7. The summed E-state index contributed by atoms with van der Waals surface area (Å²) in [7, 11) is 0. The summed E-state index contributed by atoms with van der Waals surface area (Å²) in [4.78, 5) is 15.7. The molecule has 0 aliphatic carbocycles. The van der Waals surface area contributed by atoms with E-state index < -0.39 is 6.10 Å². The summed E-state index contributed by atoms with van der Waals surface area (Å²) < 4.78 is 0. The normalized spacial score (nSPS) is 11.9. The molecule has 19 heavy (non-hydrogen) atoms. The number of amides is 2. The smallest absolute Gasteiger partial charge is 0.320 e. The first-order chi connectivity index (χ1) is 9.15. The van der Waals surface area contributed by atoms with E-state index in [1.807, 2.05) is 29.8 Å². The van der Waals surface area contributed by atoms with E-state index in [1.54, 1.807) is 12.3 Å². The number of rotatable bonds is 4. The van der Waals surface area contributed by atoms with Crippen molar-refractivity contribution in [1.82, 2.24) is 10.3 Å². The highest BCUT2D eigenvalue weighted by molar-refractivity contribution is 7.07. The molecular formula is C13H15N3O2S. The maximum Gasteiger partial charge on any atom is 0.320 e. The van der Waals surface area contributed by atoms with Crippen molar-refractivity contribution in [2.45, 2.75) is 13.0 Å². The highest BCUT2D eigenvalue weighted by atomic mass is 32.1. The van der Waals surface area contributed by atoms with Crippen LogP contribution in [0.15, 0.2) is 35.2 Å². The molecule has 2 heterocycles. The van der Waals surface area contributed by atoms with Gasteiger partial charge in [0.1, 0.15) is 5.82 Å². The number of nitrogens with one attached hydrogen (secondary N) is 2. The Hall–Kier alpha value is -1.92. The molecule has 0 aliphatic heterocycles. The van der Waals surface area contributed by atoms with E-state index in [0.29, 0.717) is 5.82 Å². The zero-order valence-corrected chi connectivity index (χ0v) is 11.3. The molecule has 0 bridgehead atoms. The van der Waals surface area contributed by atoms with Crippen LogP contribution in [-0.2, 0) is 0 Å². The van der Waals surface area contributed by atoms with Crippen molar-refractivity contribution < 1.29 is 9.90 Å². The van der Waals surface area contributed by atoms with Crippen LogP contribution in [-0.4, -0.2) is 22.7 Å². The van der Waals surface area contributed by atoms with Gasteiger partial charge in [0.25, 0.3) is 0 Å². The van der Waals surface area contributed by atoms with Crippen LogP contribution in [0.25, 0.3) is 0 Å². The van der Waals surface area contributed by atoms with Gasteiger partial charge in [-0.15, -0.1) is 0 Å². The van der Waals surface area contributed by atoms with Gasteiger partial charge in [-0.1, -0.05) is 6.07 Å². The van der Waals surface area contributed by atoms with Gasteiger partial charge in [0.15, 0.2) is 0 Å². The first-order valence-electron chi connectivity index (χ1n) is 5.83. The summed E-state index contributed by atoms with van der Waals surface area (Å²) in [6.07, 6.45) is 0.985. The summed E-state index contributed by atoms with van der Waals surface area (Å²) in [5.41, 5.74) is 1.83. The quantitative estimate of drug-likeness (QED) is 0.803. The summed E-state index contributed by atoms with van der Waals surface area (Å²) >= 11 is 1.51. The number of anilines is 1. The second-order valence-corrected chi connectivity index (χ2v) is 4.91. The van der Waals surface area contributed by atoms with Gasteiger partial charge in [-0.05, 0) is 40.9 Å². The number of carbonyl (C=O) groups is 1. The average Bonchev–Trinajstić information content (AvgIpc) is 2.93. The number of urea groups is 1. The van der Waals surface area contributed by atoms with Crippen LogP contribution in [0.4, 0.5) is 10.6 Å². The molecule has 0 aliphatic rings. The Morgan fingerprint density at radius 3 is 2.95 bits per heavy atom. The molecule has 0 radical (unpaired) electrons. The Morgan fingerprint density at radius 1 is 1.47 bits per heavy atom. The van der Waals surface area contributed by atoms with Gasteiger partial charge >= 0.3 is 6.03 Å². The van der Waals surface area contributed by atoms with Gasteiger partial charge in [-0.25, -0.2) is 9.78 Å². The van der Waals surface area contributed by atoms with E-state index in [-0.39, 0.29) is 12.6 Å². The first kappa shape index (κ1) is 13.5. The van der Waals surface area contributed by atoms with Crippen molar-refractivity contribution in [2.24, 2.45) is 0 Å². The Bertz CT molecular complexity index is 525.